The van der Waals surface area contributed by atoms with E-state index in [2.05, 4.69) is 29.7 Å². The maximum Gasteiger partial charge on any atom is 0.240 e. The number of nitrogens with one attached hydrogen (secondary N) is 2. The summed E-state index contributed by atoms with van der Waals surface area (Å²) in [5, 5.41) is 6.66. The summed E-state index contributed by atoms with van der Waals surface area (Å²) < 4.78 is 5.17. The summed E-state index contributed by atoms with van der Waals surface area (Å²) in [4.78, 5) is 23.8. The fraction of sp³-hybridized carbons (Fsp3) is 0.286. The lowest BCUT2D eigenvalue weighted by Gasteiger charge is -2.09. The third-order valence-electron chi connectivity index (χ3n) is 3.97. The van der Waals surface area contributed by atoms with Crippen LogP contribution in [0.4, 0.5) is 5.69 Å². The van der Waals surface area contributed by atoms with Gasteiger partial charge < -0.3 is 10.1 Å². The van der Waals surface area contributed by atoms with Gasteiger partial charge in [-0.1, -0.05) is 50.2 Å². The van der Waals surface area contributed by atoms with Crippen molar-refractivity contribution in [3.05, 3.63) is 59.7 Å². The third kappa shape index (κ3) is 6.58. The van der Waals surface area contributed by atoms with E-state index in [0.29, 0.717) is 17.4 Å². The van der Waals surface area contributed by atoms with Crippen molar-refractivity contribution in [3.8, 4) is 5.75 Å². The molecule has 142 valence electrons. The minimum absolute atomic E-state index is 0.0462. The Morgan fingerprint density at radius 1 is 1.04 bits per heavy atom. The topological polar surface area (TPSA) is 79.8 Å². The monoisotopic (exact) mass is 367 g/mol. The van der Waals surface area contributed by atoms with Gasteiger partial charge >= 0.3 is 0 Å². The molecule has 2 aromatic carbocycles. The zero-order valence-corrected chi connectivity index (χ0v) is 15.9. The second-order valence-electron chi connectivity index (χ2n) is 6.36. The van der Waals surface area contributed by atoms with E-state index in [4.69, 9.17) is 4.74 Å². The van der Waals surface area contributed by atoms with Crippen LogP contribution in [0, 0.1) is 0 Å². The van der Waals surface area contributed by atoms with Crippen molar-refractivity contribution < 1.29 is 14.3 Å². The molecule has 6 nitrogen and oxygen atoms in total. The number of carbonyl (C=O) groups excluding carboxylic acids is 2. The first-order valence-corrected chi connectivity index (χ1v) is 8.84. The number of nitrogens with zero attached hydrogens (tertiary/aromatic N) is 1. The Bertz CT molecular complexity index is 799. The van der Waals surface area contributed by atoms with E-state index in [9.17, 15) is 9.59 Å². The lowest BCUT2D eigenvalue weighted by Crippen LogP contribution is -2.20. The summed E-state index contributed by atoms with van der Waals surface area (Å²) in [6.07, 6.45) is 1.68. The van der Waals surface area contributed by atoms with Gasteiger partial charge in [0.15, 0.2) is 0 Å². The van der Waals surface area contributed by atoms with Crippen LogP contribution in [0.25, 0.3) is 0 Å². The molecule has 0 bridgehead atoms. The molecular formula is C21H25N3O3. The molecule has 0 aromatic heterocycles. The van der Waals surface area contributed by atoms with Crippen LogP contribution in [0.15, 0.2) is 53.6 Å². The Labute approximate surface area is 159 Å². The predicted octanol–water partition coefficient (Wildman–Crippen LogP) is 3.69. The first-order valence-electron chi connectivity index (χ1n) is 8.84. The van der Waals surface area contributed by atoms with E-state index in [1.165, 1.54) is 12.7 Å². The van der Waals surface area contributed by atoms with E-state index in [0.717, 1.165) is 5.56 Å². The second-order valence-corrected chi connectivity index (χ2v) is 6.36. The van der Waals surface area contributed by atoms with Gasteiger partial charge in [0.1, 0.15) is 5.75 Å². The number of hydrogen-bond acceptors (Lipinski definition) is 4. The quantitative estimate of drug-likeness (QED) is 0.552. The van der Waals surface area contributed by atoms with Gasteiger partial charge in [-0.2, -0.15) is 5.10 Å². The van der Waals surface area contributed by atoms with Crippen molar-refractivity contribution in [2.75, 3.05) is 12.4 Å². The summed E-state index contributed by atoms with van der Waals surface area (Å²) in [7, 11) is 1.53. The van der Waals surface area contributed by atoms with E-state index in [-0.39, 0.29) is 24.7 Å². The van der Waals surface area contributed by atoms with Crippen molar-refractivity contribution in [3.63, 3.8) is 0 Å². The maximum atomic E-state index is 12.0. The van der Waals surface area contributed by atoms with Gasteiger partial charge in [-0.15, -0.1) is 0 Å². The molecule has 0 fully saturated rings. The molecule has 0 saturated heterocycles. The molecule has 2 N–H and O–H groups in total. The zero-order valence-electron chi connectivity index (χ0n) is 15.9. The Balaban J connectivity index is 1.76. The van der Waals surface area contributed by atoms with E-state index in [1.54, 1.807) is 24.4 Å². The maximum absolute atomic E-state index is 12.0. The lowest BCUT2D eigenvalue weighted by atomic mass is 10.0. The molecule has 27 heavy (non-hydrogen) atoms. The van der Waals surface area contributed by atoms with E-state index < -0.39 is 0 Å². The first kappa shape index (κ1) is 20.2. The highest BCUT2D eigenvalue weighted by atomic mass is 16.5. The normalized spacial score (nSPS) is 10.8. The van der Waals surface area contributed by atoms with Gasteiger partial charge in [0.25, 0.3) is 0 Å². The molecule has 6 heteroatoms. The van der Waals surface area contributed by atoms with E-state index in [1.807, 2.05) is 30.3 Å². The molecule has 0 spiro atoms. The smallest absolute Gasteiger partial charge is 0.240 e. The number of ether oxygens (including phenoxy) is 1. The molecule has 0 heterocycles. The van der Waals surface area contributed by atoms with Gasteiger partial charge in [0, 0.05) is 12.8 Å². The van der Waals surface area contributed by atoms with Crippen LogP contribution in [0.3, 0.4) is 0 Å². The lowest BCUT2D eigenvalue weighted by molar-refractivity contribution is -0.124. The van der Waals surface area contributed by atoms with Crippen LogP contribution in [0.5, 0.6) is 5.75 Å². The van der Waals surface area contributed by atoms with Crippen molar-refractivity contribution in [2.24, 2.45) is 5.10 Å². The highest BCUT2D eigenvalue weighted by molar-refractivity contribution is 5.94. The number of anilines is 1. The summed E-state index contributed by atoms with van der Waals surface area (Å²) in [5.74, 6) is 0.462. The highest BCUT2D eigenvalue weighted by Crippen LogP contribution is 2.23. The average Bonchev–Trinajstić information content (AvgIpc) is 2.67. The molecule has 0 saturated carbocycles. The van der Waals surface area contributed by atoms with Gasteiger partial charge in [-0.25, -0.2) is 5.43 Å². The summed E-state index contributed by atoms with van der Waals surface area (Å²) in [5.41, 5.74) is 5.16. The molecule has 0 aliphatic rings. The number of hydrogen-bond donors (Lipinski definition) is 2. The average molecular weight is 367 g/mol. The Kier molecular flexibility index (Phi) is 7.55. The molecule has 2 rings (SSSR count). The number of benzene rings is 2. The zero-order chi connectivity index (χ0) is 19.6. The number of hydrazone groups is 1. The Morgan fingerprint density at radius 3 is 2.37 bits per heavy atom. The van der Waals surface area contributed by atoms with Crippen LogP contribution in [-0.2, 0) is 9.59 Å². The van der Waals surface area contributed by atoms with Crippen LogP contribution in [-0.4, -0.2) is 25.1 Å². The molecule has 2 aromatic rings. The molecule has 0 radical (unpaired) electrons. The fourth-order valence-electron chi connectivity index (χ4n) is 2.39. The minimum atomic E-state index is -0.319. The minimum Gasteiger partial charge on any atom is -0.495 e. The number of methoxy groups -OCH3 is 1. The molecular weight excluding hydrogens is 342 g/mol. The molecule has 0 atom stereocenters. The fourth-order valence-corrected chi connectivity index (χ4v) is 2.39. The standard InChI is InChI=1S/C21H25N3O3/c1-15(2)17-10-8-16(9-11-17)14-22-24-21(26)13-12-20(25)23-18-6-4-5-7-19(18)27-3/h4-11,14-15H,12-13H2,1-3H3,(H,23,25)(H,24,26). The van der Waals surface area contributed by atoms with Gasteiger partial charge in [0.05, 0.1) is 19.0 Å². The second kappa shape index (κ2) is 10.1. The largest absolute Gasteiger partial charge is 0.495 e. The molecule has 0 aliphatic carbocycles. The summed E-state index contributed by atoms with van der Waals surface area (Å²) in [6, 6.07) is 15.1. The number of amides is 2. The predicted molar refractivity (Wildman–Crippen MR) is 107 cm³/mol. The molecule has 0 aliphatic heterocycles. The molecule has 0 unspecified atom stereocenters. The number of rotatable bonds is 8. The third-order valence-corrected chi connectivity index (χ3v) is 3.97. The highest BCUT2D eigenvalue weighted by Gasteiger charge is 2.09. The van der Waals surface area contributed by atoms with Gasteiger partial charge in [-0.05, 0) is 29.2 Å². The Hall–Kier alpha value is -3.15. The summed E-state index contributed by atoms with van der Waals surface area (Å²) in [6.45, 7) is 4.26. The van der Waals surface area contributed by atoms with Crippen molar-refractivity contribution >= 4 is 23.7 Å². The van der Waals surface area contributed by atoms with Crippen LogP contribution < -0.4 is 15.5 Å². The number of carbonyl (C=O) groups is 2. The van der Waals surface area contributed by atoms with Crippen molar-refractivity contribution in [1.29, 1.82) is 0 Å². The van der Waals surface area contributed by atoms with Crippen molar-refractivity contribution in [1.82, 2.24) is 5.43 Å². The van der Waals surface area contributed by atoms with Crippen molar-refractivity contribution in [2.45, 2.75) is 32.6 Å². The summed E-state index contributed by atoms with van der Waals surface area (Å²) >= 11 is 0. The Morgan fingerprint density at radius 2 is 1.70 bits per heavy atom. The van der Waals surface area contributed by atoms with Gasteiger partial charge in [0.2, 0.25) is 11.8 Å². The van der Waals surface area contributed by atoms with E-state index >= 15 is 0 Å². The van der Waals surface area contributed by atoms with Crippen LogP contribution in [0.1, 0.15) is 43.7 Å². The van der Waals surface area contributed by atoms with Crippen LogP contribution in [0.2, 0.25) is 0 Å². The van der Waals surface area contributed by atoms with Gasteiger partial charge in [-0.3, -0.25) is 9.59 Å². The number of para-hydroxylation sites is 2. The van der Waals surface area contributed by atoms with Crippen LogP contribution >= 0.6 is 0 Å². The SMILES string of the molecule is COc1ccccc1NC(=O)CCC(=O)NN=Cc1ccc(C(C)C)cc1. The molecule has 2 amide bonds. The first-order chi connectivity index (χ1) is 13.0.